The Morgan fingerprint density at radius 1 is 1.25 bits per heavy atom. The molecule has 0 saturated heterocycles. The van der Waals surface area contributed by atoms with Gasteiger partial charge in [-0.05, 0) is 18.3 Å². The van der Waals surface area contributed by atoms with E-state index in [1.54, 1.807) is 0 Å². The Kier molecular flexibility index (Phi) is 4.65. The number of benzene rings is 1. The molecule has 0 unspecified atom stereocenters. The summed E-state index contributed by atoms with van der Waals surface area (Å²) in [5.74, 6) is -0.535. The molecule has 13 heteroatoms. The Balaban J connectivity index is 2.33. The molecule has 0 spiro atoms. The maximum atomic E-state index is 11.6. The van der Waals surface area contributed by atoms with Crippen LogP contribution in [0.1, 0.15) is 5.56 Å². The van der Waals surface area contributed by atoms with Crippen LogP contribution in [-0.4, -0.2) is 31.1 Å². The molecular weight excluding hydrogens is 344 g/mol. The summed E-state index contributed by atoms with van der Waals surface area (Å²) in [7, 11) is 0. The number of non-ortho nitro benzene ring substituents is 1. The summed E-state index contributed by atoms with van der Waals surface area (Å²) in [6, 6.07) is 2.91. The van der Waals surface area contributed by atoms with Crippen molar-refractivity contribution >= 4 is 35.5 Å². The summed E-state index contributed by atoms with van der Waals surface area (Å²) in [6.07, 6.45) is 0.907. The number of hydrogen-bond acceptors (Lipinski definition) is 9. The minimum Gasteiger partial charge on any atom is -0.494 e. The van der Waals surface area contributed by atoms with E-state index in [0.29, 0.717) is 0 Å². The maximum Gasteiger partial charge on any atom is 0.301 e. The number of hydrogen-bond donors (Lipinski definition) is 4. The second-order valence-corrected chi connectivity index (χ2v) is 4.66. The van der Waals surface area contributed by atoms with Gasteiger partial charge in [-0.25, -0.2) is 0 Å². The molecular formula is C11H8N6O6S. The normalized spacial score (nSPS) is 10.7. The molecule has 2 aromatic rings. The molecule has 1 aromatic carbocycles. The van der Waals surface area contributed by atoms with Gasteiger partial charge < -0.3 is 10.1 Å². The lowest BCUT2D eigenvalue weighted by molar-refractivity contribution is -0.393. The van der Waals surface area contributed by atoms with E-state index in [1.165, 1.54) is 0 Å². The summed E-state index contributed by atoms with van der Waals surface area (Å²) in [5, 5.41) is 34.8. The average Bonchev–Trinajstić information content (AvgIpc) is 2.49. The van der Waals surface area contributed by atoms with E-state index in [4.69, 9.17) is 0 Å². The molecule has 4 N–H and O–H groups in total. The van der Waals surface area contributed by atoms with Gasteiger partial charge in [0.15, 0.2) is 4.77 Å². The molecule has 0 bridgehead atoms. The van der Waals surface area contributed by atoms with Crippen LogP contribution < -0.4 is 11.0 Å². The van der Waals surface area contributed by atoms with Crippen molar-refractivity contribution in [1.29, 1.82) is 0 Å². The predicted molar refractivity (Wildman–Crippen MR) is 84.9 cm³/mol. The highest BCUT2D eigenvalue weighted by molar-refractivity contribution is 7.71. The minimum atomic E-state index is -0.825. The van der Waals surface area contributed by atoms with Crippen LogP contribution in [0, 0.1) is 25.0 Å². The van der Waals surface area contributed by atoms with E-state index < -0.39 is 32.7 Å². The van der Waals surface area contributed by atoms with Gasteiger partial charge in [-0.2, -0.15) is 5.10 Å². The molecule has 2 rings (SSSR count). The number of nitro benzene ring substituents is 2. The van der Waals surface area contributed by atoms with E-state index in [1.807, 2.05) is 0 Å². The summed E-state index contributed by atoms with van der Waals surface area (Å²) in [5.41, 5.74) is 0.122. The molecule has 0 atom stereocenters. The van der Waals surface area contributed by atoms with Crippen LogP contribution in [0.3, 0.4) is 0 Å². The second kappa shape index (κ2) is 6.66. The first-order chi connectivity index (χ1) is 11.3. The Labute approximate surface area is 136 Å². The first kappa shape index (κ1) is 16.8. The Bertz CT molecular complexity index is 964. The summed E-state index contributed by atoms with van der Waals surface area (Å²) < 4.78 is -0.0892. The quantitative estimate of drug-likeness (QED) is 0.269. The fourth-order valence-corrected chi connectivity index (χ4v) is 1.84. The molecule has 0 aliphatic rings. The Morgan fingerprint density at radius 2 is 1.96 bits per heavy atom. The molecule has 0 saturated carbocycles. The van der Waals surface area contributed by atoms with Gasteiger partial charge in [0.1, 0.15) is 11.3 Å². The van der Waals surface area contributed by atoms with Crippen molar-refractivity contribution in [2.45, 2.75) is 0 Å². The minimum absolute atomic E-state index is 0.0892. The van der Waals surface area contributed by atoms with Crippen LogP contribution in [0.4, 0.5) is 17.1 Å². The van der Waals surface area contributed by atoms with Gasteiger partial charge in [-0.15, -0.1) is 0 Å². The molecule has 0 radical (unpaired) electrons. The molecule has 24 heavy (non-hydrogen) atoms. The van der Waals surface area contributed by atoms with Crippen LogP contribution >= 0.6 is 12.2 Å². The van der Waals surface area contributed by atoms with Gasteiger partial charge in [0.25, 0.3) is 11.2 Å². The SMILES string of the molecule is O=c1[nH]c(=S)[nH]c(O)c1/C=N\Nc1ccc([N+](=O)[O-])cc1[N+](=O)[O-]. The van der Waals surface area contributed by atoms with E-state index in [-0.39, 0.29) is 16.0 Å². The fraction of sp³-hybridized carbons (Fsp3) is 0. The molecule has 0 fully saturated rings. The summed E-state index contributed by atoms with van der Waals surface area (Å²) in [4.78, 5) is 36.1. The fourth-order valence-electron chi connectivity index (χ4n) is 1.65. The third-order valence-corrected chi connectivity index (χ3v) is 2.93. The van der Waals surface area contributed by atoms with Gasteiger partial charge in [0.05, 0.1) is 22.1 Å². The third-order valence-electron chi connectivity index (χ3n) is 2.73. The molecule has 1 heterocycles. The van der Waals surface area contributed by atoms with Crippen molar-refractivity contribution in [2.24, 2.45) is 5.10 Å². The molecule has 1 aromatic heterocycles. The van der Waals surface area contributed by atoms with Crippen LogP contribution in [0.15, 0.2) is 28.1 Å². The van der Waals surface area contributed by atoms with Gasteiger partial charge in [0.2, 0.25) is 5.88 Å². The van der Waals surface area contributed by atoms with E-state index in [0.717, 1.165) is 24.4 Å². The Morgan fingerprint density at radius 3 is 2.54 bits per heavy atom. The van der Waals surface area contributed by atoms with Gasteiger partial charge in [0, 0.05) is 6.07 Å². The number of H-pyrrole nitrogens is 2. The molecule has 0 amide bonds. The zero-order valence-electron chi connectivity index (χ0n) is 11.5. The second-order valence-electron chi connectivity index (χ2n) is 4.26. The van der Waals surface area contributed by atoms with Crippen molar-refractivity contribution in [3.63, 3.8) is 0 Å². The Hall–Kier alpha value is -3.61. The number of aromatic hydroxyl groups is 1. The zero-order chi connectivity index (χ0) is 17.9. The van der Waals surface area contributed by atoms with Crippen molar-refractivity contribution in [3.05, 3.63) is 59.1 Å². The number of hydrazone groups is 1. The zero-order valence-corrected chi connectivity index (χ0v) is 12.4. The lowest BCUT2D eigenvalue weighted by Gasteiger charge is -2.02. The van der Waals surface area contributed by atoms with Crippen molar-refractivity contribution < 1.29 is 15.0 Å². The van der Waals surface area contributed by atoms with Crippen LogP contribution in [0.25, 0.3) is 0 Å². The van der Waals surface area contributed by atoms with Crippen molar-refractivity contribution in [2.75, 3.05) is 5.43 Å². The topological polar surface area (TPSA) is 180 Å². The number of rotatable bonds is 5. The lowest BCUT2D eigenvalue weighted by atomic mass is 10.2. The van der Waals surface area contributed by atoms with E-state index in [9.17, 15) is 30.1 Å². The highest BCUT2D eigenvalue weighted by Gasteiger charge is 2.19. The number of nitrogens with zero attached hydrogens (tertiary/aromatic N) is 3. The van der Waals surface area contributed by atoms with Gasteiger partial charge in [-0.1, -0.05) is 0 Å². The van der Waals surface area contributed by atoms with E-state index in [2.05, 4.69) is 32.7 Å². The highest BCUT2D eigenvalue weighted by atomic mass is 32.1. The first-order valence-electron chi connectivity index (χ1n) is 6.07. The monoisotopic (exact) mass is 352 g/mol. The summed E-state index contributed by atoms with van der Waals surface area (Å²) in [6.45, 7) is 0. The molecule has 12 nitrogen and oxygen atoms in total. The van der Waals surface area contributed by atoms with Crippen LogP contribution in [0.2, 0.25) is 0 Å². The number of aromatic nitrogens is 2. The summed E-state index contributed by atoms with van der Waals surface area (Å²) >= 11 is 4.65. The highest BCUT2D eigenvalue weighted by Crippen LogP contribution is 2.28. The van der Waals surface area contributed by atoms with Crippen molar-refractivity contribution in [1.82, 2.24) is 9.97 Å². The van der Waals surface area contributed by atoms with E-state index >= 15 is 0 Å². The van der Waals surface area contributed by atoms with Crippen LogP contribution in [-0.2, 0) is 0 Å². The number of anilines is 1. The van der Waals surface area contributed by atoms with Gasteiger partial charge in [-0.3, -0.25) is 35.4 Å². The maximum absolute atomic E-state index is 11.6. The lowest BCUT2D eigenvalue weighted by Crippen LogP contribution is -2.14. The number of aromatic amines is 2. The first-order valence-corrected chi connectivity index (χ1v) is 6.48. The number of nitro groups is 2. The smallest absolute Gasteiger partial charge is 0.301 e. The molecule has 124 valence electrons. The van der Waals surface area contributed by atoms with Crippen LogP contribution in [0.5, 0.6) is 5.88 Å². The average molecular weight is 352 g/mol. The largest absolute Gasteiger partial charge is 0.494 e. The van der Waals surface area contributed by atoms with Gasteiger partial charge >= 0.3 is 5.69 Å². The van der Waals surface area contributed by atoms with Crippen molar-refractivity contribution in [3.8, 4) is 5.88 Å². The third kappa shape index (κ3) is 3.58. The predicted octanol–water partition coefficient (Wildman–Crippen LogP) is 1.40. The standard InChI is InChI=1S/C11H8N6O6S/c18-9-6(10(19)14-11(24)13-9)4-12-15-7-2-1-5(16(20)21)3-8(7)17(22)23/h1-4,15H,(H3,13,14,18,19,24)/b12-4-. The number of nitrogens with one attached hydrogen (secondary N) is 3. The molecule has 0 aliphatic heterocycles. The molecule has 0 aliphatic carbocycles.